The van der Waals surface area contributed by atoms with Gasteiger partial charge in [-0.05, 0) is 37.1 Å². The normalized spacial score (nSPS) is 14.1. The molecular weight excluding hydrogens is 394 g/mol. The summed E-state index contributed by atoms with van der Waals surface area (Å²) < 4.78 is 5.62. The number of para-hydroxylation sites is 1. The lowest BCUT2D eigenvalue weighted by Crippen LogP contribution is -2.41. The number of nitrogens with zero attached hydrogens (tertiary/aromatic N) is 5. The molecule has 0 aliphatic carbocycles. The van der Waals surface area contributed by atoms with Crippen LogP contribution in [0.15, 0.2) is 61.1 Å². The molecular formula is C22H25N7O2. The van der Waals surface area contributed by atoms with Gasteiger partial charge in [-0.25, -0.2) is 4.98 Å². The highest BCUT2D eigenvalue weighted by molar-refractivity contribution is 5.79. The van der Waals surface area contributed by atoms with Crippen molar-refractivity contribution in [1.29, 1.82) is 0 Å². The van der Waals surface area contributed by atoms with Crippen molar-refractivity contribution >= 4 is 23.4 Å². The number of aromatic nitrogens is 4. The monoisotopic (exact) mass is 419 g/mol. The molecule has 31 heavy (non-hydrogen) atoms. The fraction of sp³-hybridized carbons (Fsp3) is 0.318. The summed E-state index contributed by atoms with van der Waals surface area (Å²) in [6.45, 7) is 2.49. The average Bonchev–Trinajstić information content (AvgIpc) is 2.84. The minimum atomic E-state index is 0.0125. The zero-order valence-corrected chi connectivity index (χ0v) is 17.1. The minimum Gasteiger partial charge on any atom is -0.492 e. The van der Waals surface area contributed by atoms with Gasteiger partial charge in [-0.3, -0.25) is 9.78 Å². The number of hydrogen-bond donors (Lipinski definition) is 2. The first-order chi connectivity index (χ1) is 15.3. The molecule has 0 saturated carbocycles. The minimum absolute atomic E-state index is 0.0125. The van der Waals surface area contributed by atoms with Crippen LogP contribution in [0.25, 0.3) is 0 Å². The van der Waals surface area contributed by atoms with Crippen molar-refractivity contribution in [1.82, 2.24) is 25.5 Å². The van der Waals surface area contributed by atoms with E-state index in [1.807, 2.05) is 42.5 Å². The third-order valence-electron chi connectivity index (χ3n) is 5.07. The van der Waals surface area contributed by atoms with Crippen LogP contribution >= 0.6 is 0 Å². The second-order valence-corrected chi connectivity index (χ2v) is 7.21. The van der Waals surface area contributed by atoms with Crippen LogP contribution in [-0.4, -0.2) is 52.3 Å². The van der Waals surface area contributed by atoms with Crippen LogP contribution in [0, 0.1) is 5.92 Å². The van der Waals surface area contributed by atoms with Crippen molar-refractivity contribution in [2.45, 2.75) is 12.8 Å². The van der Waals surface area contributed by atoms with Gasteiger partial charge in [0, 0.05) is 31.4 Å². The van der Waals surface area contributed by atoms with Crippen LogP contribution in [0.3, 0.4) is 0 Å². The van der Waals surface area contributed by atoms with Gasteiger partial charge < -0.3 is 20.3 Å². The first kappa shape index (κ1) is 20.5. The molecule has 4 rings (SSSR count). The second-order valence-electron chi connectivity index (χ2n) is 7.21. The van der Waals surface area contributed by atoms with E-state index in [0.717, 1.165) is 37.5 Å². The van der Waals surface area contributed by atoms with Crippen molar-refractivity contribution in [3.63, 3.8) is 0 Å². The molecule has 1 aromatic carbocycles. The lowest BCUT2D eigenvalue weighted by Gasteiger charge is -2.31. The molecule has 1 saturated heterocycles. The van der Waals surface area contributed by atoms with E-state index in [0.29, 0.717) is 24.8 Å². The summed E-state index contributed by atoms with van der Waals surface area (Å²) in [6, 6.07) is 13.4. The van der Waals surface area contributed by atoms with Gasteiger partial charge in [-0.2, -0.15) is 0 Å². The van der Waals surface area contributed by atoms with Crippen molar-refractivity contribution < 1.29 is 9.53 Å². The molecule has 2 aromatic heterocycles. The fourth-order valence-corrected chi connectivity index (χ4v) is 3.43. The van der Waals surface area contributed by atoms with Crippen LogP contribution < -0.4 is 20.3 Å². The van der Waals surface area contributed by atoms with E-state index in [2.05, 4.69) is 35.7 Å². The number of carbonyl (C=O) groups excluding carboxylic acids is 1. The van der Waals surface area contributed by atoms with Gasteiger partial charge in [0.05, 0.1) is 12.7 Å². The Morgan fingerprint density at radius 2 is 1.87 bits per heavy atom. The molecule has 0 spiro atoms. The van der Waals surface area contributed by atoms with E-state index in [1.54, 1.807) is 18.6 Å². The maximum Gasteiger partial charge on any atom is 0.223 e. The summed E-state index contributed by atoms with van der Waals surface area (Å²) in [5.41, 5.74) is 0. The molecule has 1 amide bonds. The third-order valence-corrected chi connectivity index (χ3v) is 5.07. The van der Waals surface area contributed by atoms with Crippen LogP contribution in [0.1, 0.15) is 12.8 Å². The Bertz CT molecular complexity index is 947. The average molecular weight is 419 g/mol. The maximum atomic E-state index is 12.4. The highest BCUT2D eigenvalue weighted by Crippen LogP contribution is 2.22. The highest BCUT2D eigenvalue weighted by Gasteiger charge is 2.25. The van der Waals surface area contributed by atoms with Gasteiger partial charge >= 0.3 is 0 Å². The van der Waals surface area contributed by atoms with Crippen LogP contribution in [0.4, 0.5) is 17.5 Å². The number of anilines is 3. The van der Waals surface area contributed by atoms with Crippen molar-refractivity contribution in [2.75, 3.05) is 36.5 Å². The van der Waals surface area contributed by atoms with Gasteiger partial charge in [-0.15, -0.1) is 10.2 Å². The van der Waals surface area contributed by atoms with Crippen molar-refractivity contribution in [3.05, 3.63) is 61.1 Å². The van der Waals surface area contributed by atoms with Crippen LogP contribution in [0.2, 0.25) is 0 Å². The topological polar surface area (TPSA) is 105 Å². The molecule has 0 unspecified atom stereocenters. The largest absolute Gasteiger partial charge is 0.492 e. The number of nitrogens with one attached hydrogen (secondary N) is 2. The first-order valence-electron chi connectivity index (χ1n) is 10.4. The Balaban J connectivity index is 1.19. The predicted octanol–water partition coefficient (Wildman–Crippen LogP) is 2.42. The molecule has 160 valence electrons. The molecule has 1 fully saturated rings. The lowest BCUT2D eigenvalue weighted by molar-refractivity contribution is -0.125. The number of ether oxygens (including phenoxy) is 1. The zero-order chi connectivity index (χ0) is 21.3. The van der Waals surface area contributed by atoms with E-state index >= 15 is 0 Å². The van der Waals surface area contributed by atoms with E-state index in [4.69, 9.17) is 4.74 Å². The predicted molar refractivity (Wildman–Crippen MR) is 117 cm³/mol. The Morgan fingerprint density at radius 3 is 2.58 bits per heavy atom. The van der Waals surface area contributed by atoms with E-state index in [-0.39, 0.29) is 11.8 Å². The molecule has 1 aliphatic heterocycles. The Kier molecular flexibility index (Phi) is 6.84. The van der Waals surface area contributed by atoms with Crippen LogP contribution in [0.5, 0.6) is 5.75 Å². The van der Waals surface area contributed by atoms with E-state index in [1.165, 1.54) is 0 Å². The molecule has 0 bridgehead atoms. The first-order valence-corrected chi connectivity index (χ1v) is 10.4. The Hall–Kier alpha value is -3.75. The van der Waals surface area contributed by atoms with Gasteiger partial charge in [0.15, 0.2) is 11.6 Å². The molecule has 9 heteroatoms. The van der Waals surface area contributed by atoms with E-state index < -0.39 is 0 Å². The van der Waals surface area contributed by atoms with Gasteiger partial charge in [-0.1, -0.05) is 18.2 Å². The lowest BCUT2D eigenvalue weighted by atomic mass is 9.96. The summed E-state index contributed by atoms with van der Waals surface area (Å²) >= 11 is 0. The summed E-state index contributed by atoms with van der Waals surface area (Å²) in [4.78, 5) is 22.8. The third kappa shape index (κ3) is 5.88. The summed E-state index contributed by atoms with van der Waals surface area (Å²) in [7, 11) is 0. The maximum absolute atomic E-state index is 12.4. The zero-order valence-electron chi connectivity index (χ0n) is 17.1. The number of amides is 1. The molecule has 9 nitrogen and oxygen atoms in total. The number of benzene rings is 1. The van der Waals surface area contributed by atoms with Crippen LogP contribution in [-0.2, 0) is 4.79 Å². The van der Waals surface area contributed by atoms with Crippen molar-refractivity contribution in [3.8, 4) is 5.75 Å². The standard InChI is InChI=1S/C22H25N7O2/c30-22(25-12-15-31-18-4-2-1-3-5-18)17-8-13-29(14-9-17)21-7-6-19(27-28-21)26-20-16-23-10-11-24-20/h1-7,10-11,16-17H,8-9,12-15H2,(H,25,30)(H,24,26,27). The SMILES string of the molecule is O=C(NCCOc1ccccc1)C1CCN(c2ccc(Nc3cnccn3)nn2)CC1. The number of rotatable bonds is 8. The fourth-order valence-electron chi connectivity index (χ4n) is 3.43. The molecule has 2 N–H and O–H groups in total. The smallest absolute Gasteiger partial charge is 0.223 e. The summed E-state index contributed by atoms with van der Waals surface area (Å²) in [6.07, 6.45) is 6.42. The van der Waals surface area contributed by atoms with Gasteiger partial charge in [0.2, 0.25) is 5.91 Å². The number of carbonyl (C=O) groups is 1. The molecule has 1 aliphatic rings. The number of hydrogen-bond acceptors (Lipinski definition) is 8. The molecule has 3 heterocycles. The van der Waals surface area contributed by atoms with Gasteiger partial charge in [0.25, 0.3) is 0 Å². The second kappa shape index (κ2) is 10.3. The quantitative estimate of drug-likeness (QED) is 0.537. The summed E-state index contributed by atoms with van der Waals surface area (Å²) in [5, 5.41) is 14.6. The van der Waals surface area contributed by atoms with Gasteiger partial charge in [0.1, 0.15) is 18.2 Å². The highest BCUT2D eigenvalue weighted by atomic mass is 16.5. The van der Waals surface area contributed by atoms with Crippen molar-refractivity contribution in [2.24, 2.45) is 5.92 Å². The summed E-state index contributed by atoms with van der Waals surface area (Å²) in [5.74, 6) is 2.94. The molecule has 3 aromatic rings. The Labute approximate surface area is 180 Å². The molecule has 0 atom stereocenters. The number of piperidine rings is 1. The van der Waals surface area contributed by atoms with E-state index in [9.17, 15) is 4.79 Å². The Morgan fingerprint density at radius 1 is 1.03 bits per heavy atom. The molecule has 0 radical (unpaired) electrons.